The van der Waals surface area contributed by atoms with Gasteiger partial charge in [0.2, 0.25) is 0 Å². The van der Waals surface area contributed by atoms with Crippen molar-refractivity contribution in [3.63, 3.8) is 0 Å². The number of anilines is 1. The number of hydrogen-bond donors (Lipinski definition) is 2. The molecule has 0 unspecified atom stereocenters. The number of carbonyl (C=O) groups excluding carboxylic acids is 2. The SMILES string of the molecule is COc1cc(OC)c(NC(=O)N2CCC(NC(=O)c3cnn(C)c3)CC2)cc1Cl. The van der Waals surface area contributed by atoms with Crippen LogP contribution >= 0.6 is 11.6 Å². The van der Waals surface area contributed by atoms with Crippen LogP contribution in [-0.4, -0.2) is 60.0 Å². The van der Waals surface area contributed by atoms with Crippen molar-refractivity contribution < 1.29 is 19.1 Å². The Bertz CT molecular complexity index is 893. The smallest absolute Gasteiger partial charge is 0.321 e. The highest BCUT2D eigenvalue weighted by Crippen LogP contribution is 2.36. The number of nitrogens with one attached hydrogen (secondary N) is 2. The number of piperidine rings is 1. The van der Waals surface area contributed by atoms with Gasteiger partial charge in [-0.05, 0) is 18.9 Å². The van der Waals surface area contributed by atoms with Crippen molar-refractivity contribution in [1.29, 1.82) is 0 Å². The standard InChI is InChI=1S/C19H24ClN5O4/c1-24-11-12(10-21-24)18(26)22-13-4-6-25(7-5-13)19(27)23-15-8-14(20)16(28-2)9-17(15)29-3/h8-11,13H,4-7H2,1-3H3,(H,22,26)(H,23,27). The lowest BCUT2D eigenvalue weighted by Gasteiger charge is -2.32. The summed E-state index contributed by atoms with van der Waals surface area (Å²) in [7, 11) is 4.78. The average Bonchev–Trinajstić information content (AvgIpc) is 3.15. The van der Waals surface area contributed by atoms with E-state index in [4.69, 9.17) is 21.1 Å². The van der Waals surface area contributed by atoms with Crippen LogP contribution in [0.15, 0.2) is 24.5 Å². The summed E-state index contributed by atoms with van der Waals surface area (Å²) in [5.74, 6) is 0.767. The van der Waals surface area contributed by atoms with E-state index >= 15 is 0 Å². The van der Waals surface area contributed by atoms with Gasteiger partial charge in [-0.2, -0.15) is 5.10 Å². The molecule has 0 aliphatic carbocycles. The van der Waals surface area contributed by atoms with Crippen molar-refractivity contribution in [2.75, 3.05) is 32.6 Å². The Morgan fingerprint density at radius 3 is 2.45 bits per heavy atom. The van der Waals surface area contributed by atoms with Crippen molar-refractivity contribution in [3.8, 4) is 11.5 Å². The molecule has 3 rings (SSSR count). The molecule has 0 atom stereocenters. The van der Waals surface area contributed by atoms with Gasteiger partial charge in [0.15, 0.2) is 0 Å². The van der Waals surface area contributed by atoms with Gasteiger partial charge in [0.05, 0.1) is 36.7 Å². The third kappa shape index (κ3) is 4.92. The molecule has 1 saturated heterocycles. The van der Waals surface area contributed by atoms with Gasteiger partial charge in [0, 0.05) is 38.4 Å². The highest BCUT2D eigenvalue weighted by molar-refractivity contribution is 6.32. The number of carbonyl (C=O) groups is 2. The normalized spacial score (nSPS) is 14.4. The van der Waals surface area contributed by atoms with E-state index in [1.807, 2.05) is 0 Å². The zero-order valence-corrected chi connectivity index (χ0v) is 17.3. The minimum Gasteiger partial charge on any atom is -0.495 e. The fourth-order valence-corrected chi connectivity index (χ4v) is 3.43. The predicted molar refractivity (Wildman–Crippen MR) is 109 cm³/mol. The molecule has 10 heteroatoms. The molecule has 9 nitrogen and oxygen atoms in total. The summed E-state index contributed by atoms with van der Waals surface area (Å²) in [4.78, 5) is 26.6. The number of hydrogen-bond acceptors (Lipinski definition) is 5. The predicted octanol–water partition coefficient (Wildman–Crippen LogP) is 2.52. The first-order valence-electron chi connectivity index (χ1n) is 9.18. The summed E-state index contributed by atoms with van der Waals surface area (Å²) < 4.78 is 12.1. The summed E-state index contributed by atoms with van der Waals surface area (Å²) in [5.41, 5.74) is 0.992. The maximum Gasteiger partial charge on any atom is 0.321 e. The molecule has 2 aromatic rings. The molecule has 3 amide bonds. The Hall–Kier alpha value is -2.94. The molecule has 1 fully saturated rings. The van der Waals surface area contributed by atoms with Crippen LogP contribution in [0.2, 0.25) is 5.02 Å². The molecule has 0 saturated carbocycles. The van der Waals surface area contributed by atoms with Crippen molar-refractivity contribution in [2.24, 2.45) is 7.05 Å². The second-order valence-corrected chi connectivity index (χ2v) is 7.16. The molecule has 29 heavy (non-hydrogen) atoms. The lowest BCUT2D eigenvalue weighted by atomic mass is 10.0. The van der Waals surface area contributed by atoms with Gasteiger partial charge in [-0.3, -0.25) is 9.48 Å². The number of methoxy groups -OCH3 is 2. The maximum absolute atomic E-state index is 12.6. The molecule has 0 spiro atoms. The molecule has 0 radical (unpaired) electrons. The van der Waals surface area contributed by atoms with E-state index in [9.17, 15) is 9.59 Å². The zero-order valence-electron chi connectivity index (χ0n) is 16.6. The minimum absolute atomic E-state index is 0.0109. The highest BCUT2D eigenvalue weighted by atomic mass is 35.5. The van der Waals surface area contributed by atoms with E-state index in [2.05, 4.69) is 15.7 Å². The Labute approximate surface area is 173 Å². The number of urea groups is 1. The number of amides is 3. The van der Waals surface area contributed by atoms with E-state index in [1.165, 1.54) is 20.4 Å². The minimum atomic E-state index is -0.249. The molecule has 1 aliphatic rings. The topological polar surface area (TPSA) is 97.7 Å². The first-order chi connectivity index (χ1) is 13.9. The van der Waals surface area contributed by atoms with Gasteiger partial charge in [0.25, 0.3) is 5.91 Å². The second kappa shape index (κ2) is 9.04. The lowest BCUT2D eigenvalue weighted by Crippen LogP contribution is -2.47. The van der Waals surface area contributed by atoms with Crippen molar-refractivity contribution in [1.82, 2.24) is 20.0 Å². The summed E-state index contributed by atoms with van der Waals surface area (Å²) >= 11 is 6.16. The first-order valence-corrected chi connectivity index (χ1v) is 9.56. The molecular weight excluding hydrogens is 398 g/mol. The molecular formula is C19H24ClN5O4. The number of nitrogens with zero attached hydrogens (tertiary/aromatic N) is 3. The van der Waals surface area contributed by atoms with Crippen molar-refractivity contribution in [2.45, 2.75) is 18.9 Å². The first kappa shape index (κ1) is 20.8. The van der Waals surface area contributed by atoms with E-state index in [-0.39, 0.29) is 18.0 Å². The lowest BCUT2D eigenvalue weighted by molar-refractivity contribution is 0.0919. The third-order valence-electron chi connectivity index (χ3n) is 4.80. The summed E-state index contributed by atoms with van der Waals surface area (Å²) in [6.45, 7) is 1.05. The van der Waals surface area contributed by atoms with Crippen LogP contribution in [0.1, 0.15) is 23.2 Å². The number of aromatic nitrogens is 2. The van der Waals surface area contributed by atoms with E-state index in [0.29, 0.717) is 53.7 Å². The monoisotopic (exact) mass is 421 g/mol. The van der Waals surface area contributed by atoms with Crippen LogP contribution in [0.4, 0.5) is 10.5 Å². The molecule has 1 aromatic heterocycles. The molecule has 1 aromatic carbocycles. The number of rotatable bonds is 5. The fourth-order valence-electron chi connectivity index (χ4n) is 3.19. The Morgan fingerprint density at radius 2 is 1.86 bits per heavy atom. The van der Waals surface area contributed by atoms with Crippen LogP contribution in [0.5, 0.6) is 11.5 Å². The van der Waals surface area contributed by atoms with Crippen molar-refractivity contribution >= 4 is 29.2 Å². The van der Waals surface area contributed by atoms with E-state index in [1.54, 1.807) is 35.0 Å². The number of benzene rings is 1. The Kier molecular flexibility index (Phi) is 6.48. The van der Waals surface area contributed by atoms with Crippen LogP contribution in [0.3, 0.4) is 0 Å². The number of aryl methyl sites for hydroxylation is 1. The number of halogens is 1. The van der Waals surface area contributed by atoms with Crippen LogP contribution in [-0.2, 0) is 7.05 Å². The van der Waals surface area contributed by atoms with Crippen LogP contribution < -0.4 is 20.1 Å². The quantitative estimate of drug-likeness (QED) is 0.773. The van der Waals surface area contributed by atoms with Crippen LogP contribution in [0, 0.1) is 0 Å². The van der Waals surface area contributed by atoms with Gasteiger partial charge in [-0.25, -0.2) is 4.79 Å². The van der Waals surface area contributed by atoms with Gasteiger partial charge < -0.3 is 25.0 Å². The van der Waals surface area contributed by atoms with Gasteiger partial charge in [-0.1, -0.05) is 11.6 Å². The van der Waals surface area contributed by atoms with Crippen LogP contribution in [0.25, 0.3) is 0 Å². The highest BCUT2D eigenvalue weighted by Gasteiger charge is 2.25. The molecule has 0 bridgehead atoms. The number of ether oxygens (including phenoxy) is 2. The molecule has 1 aliphatic heterocycles. The Morgan fingerprint density at radius 1 is 1.17 bits per heavy atom. The van der Waals surface area contributed by atoms with Gasteiger partial charge in [0.1, 0.15) is 11.5 Å². The van der Waals surface area contributed by atoms with E-state index < -0.39 is 0 Å². The molecule has 156 valence electrons. The fraction of sp³-hybridized carbons (Fsp3) is 0.421. The van der Waals surface area contributed by atoms with Gasteiger partial charge >= 0.3 is 6.03 Å². The summed E-state index contributed by atoms with van der Waals surface area (Å²) in [6, 6.07) is 2.98. The third-order valence-corrected chi connectivity index (χ3v) is 5.10. The Balaban J connectivity index is 1.55. The molecule has 2 N–H and O–H groups in total. The second-order valence-electron chi connectivity index (χ2n) is 6.75. The maximum atomic E-state index is 12.6. The van der Waals surface area contributed by atoms with Crippen molar-refractivity contribution in [3.05, 3.63) is 35.1 Å². The van der Waals surface area contributed by atoms with E-state index in [0.717, 1.165) is 0 Å². The summed E-state index contributed by atoms with van der Waals surface area (Å²) in [6.07, 6.45) is 4.54. The summed E-state index contributed by atoms with van der Waals surface area (Å²) in [5, 5.41) is 10.2. The largest absolute Gasteiger partial charge is 0.495 e. The average molecular weight is 422 g/mol. The number of likely N-dealkylation sites (tertiary alicyclic amines) is 1. The molecule has 2 heterocycles. The zero-order chi connectivity index (χ0) is 21.0. The van der Waals surface area contributed by atoms with Gasteiger partial charge in [-0.15, -0.1) is 0 Å².